The van der Waals surface area contributed by atoms with Crippen LogP contribution in [0.1, 0.15) is 45.4 Å². The van der Waals surface area contributed by atoms with E-state index in [-0.39, 0.29) is 32.2 Å². The number of aliphatic hydroxyl groups is 4. The summed E-state index contributed by atoms with van der Waals surface area (Å²) in [7, 11) is 0. The van der Waals surface area contributed by atoms with Crippen LogP contribution >= 0.6 is 0 Å². The van der Waals surface area contributed by atoms with E-state index in [9.17, 15) is 5.11 Å². The van der Waals surface area contributed by atoms with Crippen molar-refractivity contribution in [2.45, 2.75) is 57.7 Å². The zero-order chi connectivity index (χ0) is 21.0. The van der Waals surface area contributed by atoms with E-state index < -0.39 is 12.2 Å². The molecular formula is C20H36O8. The lowest BCUT2D eigenvalue weighted by molar-refractivity contribution is -0.207. The second-order valence-electron chi connectivity index (χ2n) is 6.38. The zero-order valence-electron chi connectivity index (χ0n) is 16.7. The molecule has 8 nitrogen and oxygen atoms in total. The molecule has 164 valence electrons. The van der Waals surface area contributed by atoms with E-state index in [0.717, 1.165) is 6.42 Å². The van der Waals surface area contributed by atoms with Gasteiger partial charge in [0.1, 0.15) is 18.0 Å². The fourth-order valence-corrected chi connectivity index (χ4v) is 2.03. The van der Waals surface area contributed by atoms with Gasteiger partial charge in [0.25, 0.3) is 0 Å². The normalized spacial score (nSPS) is 12.8. The topological polar surface area (TPSA) is 129 Å². The molecule has 0 aliphatic heterocycles. The second kappa shape index (κ2) is 18.9. The Hall–Kier alpha value is -1.42. The Balaban J connectivity index is 0.000000576. The number of ether oxygens (including phenoxy) is 1. The van der Waals surface area contributed by atoms with E-state index in [1.807, 2.05) is 0 Å². The van der Waals surface area contributed by atoms with Gasteiger partial charge >= 0.3 is 0 Å². The van der Waals surface area contributed by atoms with Crippen molar-refractivity contribution >= 4 is 0 Å². The number of phenolic OH excluding ortho intramolecular Hbond substituents is 1. The molecule has 0 spiro atoms. The summed E-state index contributed by atoms with van der Waals surface area (Å²) >= 11 is 0. The number of benzene rings is 1. The van der Waals surface area contributed by atoms with E-state index in [2.05, 4.69) is 6.92 Å². The van der Waals surface area contributed by atoms with Crippen molar-refractivity contribution < 1.29 is 40.0 Å². The van der Waals surface area contributed by atoms with Crippen LogP contribution in [0, 0.1) is 0 Å². The van der Waals surface area contributed by atoms with E-state index in [4.69, 9.17) is 34.9 Å². The SMILES string of the molecule is CCCCCCCCOOc1cccc(O)c1.OCC(O)COCC(O)CO. The highest BCUT2D eigenvalue weighted by atomic mass is 17.2. The van der Waals surface area contributed by atoms with Crippen molar-refractivity contribution in [3.8, 4) is 11.5 Å². The monoisotopic (exact) mass is 404 g/mol. The maximum absolute atomic E-state index is 9.20. The number of unbranched alkanes of at least 4 members (excludes halogenated alkanes) is 5. The van der Waals surface area contributed by atoms with E-state index in [1.165, 1.54) is 38.2 Å². The Labute approximate surface area is 167 Å². The molecule has 1 aromatic carbocycles. The summed E-state index contributed by atoms with van der Waals surface area (Å²) in [4.78, 5) is 10.1. The molecule has 2 atom stereocenters. The first-order valence-corrected chi connectivity index (χ1v) is 9.77. The predicted octanol–water partition coefficient (Wildman–Crippen LogP) is 1.77. The standard InChI is InChI=1S/C14H22O3.C6H14O5/c1-2-3-4-5-6-7-11-16-17-14-10-8-9-13(15)12-14;7-1-5(9)3-11-4-6(10)2-8/h8-10,12,15H,2-7,11H2,1H3;5-10H,1-4H2. The molecular weight excluding hydrogens is 368 g/mol. The van der Waals surface area contributed by atoms with Gasteiger partial charge in [-0.25, -0.2) is 0 Å². The first kappa shape index (κ1) is 26.6. The molecule has 8 heteroatoms. The van der Waals surface area contributed by atoms with Gasteiger partial charge in [0, 0.05) is 6.07 Å². The maximum atomic E-state index is 9.20. The summed E-state index contributed by atoms with van der Waals surface area (Å²) in [6, 6.07) is 6.60. The average Bonchev–Trinajstić information content (AvgIpc) is 2.70. The first-order chi connectivity index (χ1) is 13.5. The van der Waals surface area contributed by atoms with Crippen LogP contribution in [0.25, 0.3) is 0 Å². The number of hydrogen-bond acceptors (Lipinski definition) is 8. The van der Waals surface area contributed by atoms with Gasteiger partial charge in [-0.1, -0.05) is 45.1 Å². The van der Waals surface area contributed by atoms with Crippen molar-refractivity contribution in [2.75, 3.05) is 33.0 Å². The van der Waals surface area contributed by atoms with Crippen molar-refractivity contribution in [3.63, 3.8) is 0 Å². The lowest BCUT2D eigenvalue weighted by Crippen LogP contribution is -2.25. The van der Waals surface area contributed by atoms with Crippen LogP contribution in [0.15, 0.2) is 24.3 Å². The Morgan fingerprint density at radius 1 is 0.893 bits per heavy atom. The van der Waals surface area contributed by atoms with Gasteiger partial charge in [0.2, 0.25) is 0 Å². The van der Waals surface area contributed by atoms with Gasteiger partial charge in [-0.15, -0.1) is 0 Å². The molecule has 1 aromatic rings. The average molecular weight is 405 g/mol. The molecule has 0 fully saturated rings. The molecule has 0 aliphatic rings. The third-order valence-corrected chi connectivity index (χ3v) is 3.60. The van der Waals surface area contributed by atoms with Gasteiger partial charge in [-0.05, 0) is 18.6 Å². The van der Waals surface area contributed by atoms with Gasteiger partial charge in [-0.2, -0.15) is 4.89 Å². The molecule has 0 saturated heterocycles. The van der Waals surface area contributed by atoms with Crippen LogP contribution in [0.5, 0.6) is 11.5 Å². The van der Waals surface area contributed by atoms with E-state index >= 15 is 0 Å². The van der Waals surface area contributed by atoms with Crippen LogP contribution < -0.4 is 4.89 Å². The minimum absolute atomic E-state index is 0.0342. The number of hydrogen-bond donors (Lipinski definition) is 5. The minimum Gasteiger partial charge on any atom is -0.508 e. The Kier molecular flexibility index (Phi) is 18.0. The summed E-state index contributed by atoms with van der Waals surface area (Å²) in [6.45, 7) is 2.01. The lowest BCUT2D eigenvalue weighted by Gasteiger charge is -2.10. The summed E-state index contributed by atoms with van der Waals surface area (Å²) < 4.78 is 4.72. The van der Waals surface area contributed by atoms with Crippen LogP contribution in [0.2, 0.25) is 0 Å². The van der Waals surface area contributed by atoms with Gasteiger partial charge in [-0.3, -0.25) is 0 Å². The quantitative estimate of drug-likeness (QED) is 0.170. The first-order valence-electron chi connectivity index (χ1n) is 9.77. The van der Waals surface area contributed by atoms with Crippen molar-refractivity contribution in [1.29, 1.82) is 0 Å². The van der Waals surface area contributed by atoms with E-state index in [0.29, 0.717) is 12.4 Å². The second-order valence-corrected chi connectivity index (χ2v) is 6.38. The smallest absolute Gasteiger partial charge is 0.169 e. The zero-order valence-corrected chi connectivity index (χ0v) is 16.7. The molecule has 2 unspecified atom stereocenters. The number of aliphatic hydroxyl groups excluding tert-OH is 4. The number of aromatic hydroxyl groups is 1. The highest BCUT2D eigenvalue weighted by Crippen LogP contribution is 2.17. The van der Waals surface area contributed by atoms with E-state index in [1.54, 1.807) is 18.2 Å². The van der Waals surface area contributed by atoms with Gasteiger partial charge in [0.15, 0.2) is 5.75 Å². The van der Waals surface area contributed by atoms with Gasteiger partial charge < -0.3 is 35.2 Å². The van der Waals surface area contributed by atoms with Crippen molar-refractivity contribution in [3.05, 3.63) is 24.3 Å². The minimum atomic E-state index is -0.916. The fraction of sp³-hybridized carbons (Fsp3) is 0.700. The van der Waals surface area contributed by atoms with Crippen LogP contribution in [-0.2, 0) is 9.62 Å². The summed E-state index contributed by atoms with van der Waals surface area (Å²) in [5.74, 6) is 0.724. The Bertz CT molecular complexity index is 448. The van der Waals surface area contributed by atoms with Crippen molar-refractivity contribution in [1.82, 2.24) is 0 Å². The van der Waals surface area contributed by atoms with Gasteiger partial charge in [0.05, 0.1) is 33.0 Å². The molecule has 1 rings (SSSR count). The number of rotatable bonds is 15. The molecule has 5 N–H and O–H groups in total. The van der Waals surface area contributed by atoms with Crippen LogP contribution in [-0.4, -0.2) is 70.8 Å². The summed E-state index contributed by atoms with van der Waals surface area (Å²) in [6.07, 6.45) is 5.54. The molecule has 0 bridgehead atoms. The predicted molar refractivity (Wildman–Crippen MR) is 105 cm³/mol. The highest BCUT2D eigenvalue weighted by Gasteiger charge is 2.05. The molecule has 0 aromatic heterocycles. The molecule has 28 heavy (non-hydrogen) atoms. The number of phenols is 1. The molecule has 0 radical (unpaired) electrons. The largest absolute Gasteiger partial charge is 0.508 e. The molecule has 0 saturated carbocycles. The van der Waals surface area contributed by atoms with Crippen molar-refractivity contribution in [2.24, 2.45) is 0 Å². The summed E-state index contributed by atoms with van der Waals surface area (Å²) in [5.41, 5.74) is 0. The lowest BCUT2D eigenvalue weighted by atomic mass is 10.1. The maximum Gasteiger partial charge on any atom is 0.169 e. The highest BCUT2D eigenvalue weighted by molar-refractivity contribution is 5.31. The molecule has 0 amide bonds. The third-order valence-electron chi connectivity index (χ3n) is 3.60. The molecule has 0 heterocycles. The third kappa shape index (κ3) is 16.7. The molecule has 0 aliphatic carbocycles. The van der Waals surface area contributed by atoms with Crippen LogP contribution in [0.3, 0.4) is 0 Å². The fourth-order valence-electron chi connectivity index (χ4n) is 2.03. The van der Waals surface area contributed by atoms with Crippen LogP contribution in [0.4, 0.5) is 0 Å². The Morgan fingerprint density at radius 2 is 1.50 bits per heavy atom. The Morgan fingerprint density at radius 3 is 2.07 bits per heavy atom. The summed E-state index contributed by atoms with van der Waals surface area (Å²) in [5, 5.41) is 43.3.